The predicted molar refractivity (Wildman–Crippen MR) is 92.7 cm³/mol. The summed E-state index contributed by atoms with van der Waals surface area (Å²) in [5, 5.41) is 0. The highest BCUT2D eigenvalue weighted by molar-refractivity contribution is 5.94. The first kappa shape index (κ1) is 16.3. The van der Waals surface area contributed by atoms with Gasteiger partial charge in [0.15, 0.2) is 5.43 Å². The number of ether oxygens (including phenoxy) is 1. The van der Waals surface area contributed by atoms with Crippen LogP contribution < -0.4 is 10.2 Å². The molecule has 1 fully saturated rings. The summed E-state index contributed by atoms with van der Waals surface area (Å²) in [6, 6.07) is 10.5. The molecular formula is C19H22N2O3. The van der Waals surface area contributed by atoms with Crippen molar-refractivity contribution in [2.24, 2.45) is 0 Å². The second kappa shape index (κ2) is 6.91. The molecule has 1 atom stereocenters. The van der Waals surface area contributed by atoms with Crippen LogP contribution in [0, 0.1) is 6.92 Å². The molecule has 1 unspecified atom stereocenters. The lowest BCUT2D eigenvalue weighted by Gasteiger charge is -2.33. The first-order valence-corrected chi connectivity index (χ1v) is 8.21. The summed E-state index contributed by atoms with van der Waals surface area (Å²) in [6.07, 6.45) is 1.90. The van der Waals surface area contributed by atoms with E-state index >= 15 is 0 Å². The van der Waals surface area contributed by atoms with Gasteiger partial charge in [-0.1, -0.05) is 6.07 Å². The van der Waals surface area contributed by atoms with Crippen molar-refractivity contribution in [3.63, 3.8) is 0 Å². The molecule has 2 aromatic rings. The molecule has 0 saturated carbocycles. The van der Waals surface area contributed by atoms with E-state index < -0.39 is 0 Å². The molecule has 1 N–H and O–H groups in total. The largest absolute Gasteiger partial charge is 0.497 e. The smallest absolute Gasteiger partial charge is 0.254 e. The SMILES string of the molecule is COc1cccc(C(=O)N2CCCC(c3cc(=O)cc(C)[nH]3)C2)c1. The number of aromatic nitrogens is 1. The Hall–Kier alpha value is -2.56. The molecule has 1 aromatic carbocycles. The summed E-state index contributed by atoms with van der Waals surface area (Å²) in [4.78, 5) is 29.7. The first-order chi connectivity index (χ1) is 11.6. The number of nitrogens with one attached hydrogen (secondary N) is 1. The molecule has 24 heavy (non-hydrogen) atoms. The van der Waals surface area contributed by atoms with E-state index in [9.17, 15) is 9.59 Å². The lowest BCUT2D eigenvalue weighted by molar-refractivity contribution is 0.0705. The molecule has 1 aliphatic heterocycles. The van der Waals surface area contributed by atoms with E-state index in [1.54, 1.807) is 25.3 Å². The Morgan fingerprint density at radius 2 is 2.12 bits per heavy atom. The third-order valence-electron chi connectivity index (χ3n) is 4.46. The number of aromatic amines is 1. The Morgan fingerprint density at radius 1 is 1.29 bits per heavy atom. The zero-order valence-electron chi connectivity index (χ0n) is 14.0. The highest BCUT2D eigenvalue weighted by Crippen LogP contribution is 2.26. The number of benzene rings is 1. The predicted octanol–water partition coefficient (Wildman–Crippen LogP) is 2.71. The van der Waals surface area contributed by atoms with Gasteiger partial charge in [0.05, 0.1) is 7.11 Å². The second-order valence-corrected chi connectivity index (χ2v) is 6.28. The average molecular weight is 326 g/mol. The van der Waals surface area contributed by atoms with Gasteiger partial charge < -0.3 is 14.6 Å². The fourth-order valence-electron chi connectivity index (χ4n) is 3.28. The zero-order valence-corrected chi connectivity index (χ0v) is 14.0. The van der Waals surface area contributed by atoms with Gasteiger partial charge in [0.2, 0.25) is 0 Å². The van der Waals surface area contributed by atoms with Gasteiger partial charge in [-0.25, -0.2) is 0 Å². The van der Waals surface area contributed by atoms with E-state index in [1.807, 2.05) is 30.0 Å². The third kappa shape index (κ3) is 3.50. The molecule has 0 aliphatic carbocycles. The summed E-state index contributed by atoms with van der Waals surface area (Å²) >= 11 is 0. The van der Waals surface area contributed by atoms with Gasteiger partial charge in [-0.2, -0.15) is 0 Å². The number of nitrogens with zero attached hydrogens (tertiary/aromatic N) is 1. The number of carbonyl (C=O) groups is 1. The van der Waals surface area contributed by atoms with Crippen molar-refractivity contribution in [3.05, 3.63) is 63.6 Å². The number of aryl methyl sites for hydroxylation is 1. The number of methoxy groups -OCH3 is 1. The van der Waals surface area contributed by atoms with Crippen molar-refractivity contribution in [3.8, 4) is 5.75 Å². The van der Waals surface area contributed by atoms with Gasteiger partial charge >= 0.3 is 0 Å². The number of amides is 1. The van der Waals surface area contributed by atoms with Crippen LogP contribution in [0.25, 0.3) is 0 Å². The Bertz CT molecular complexity index is 797. The summed E-state index contributed by atoms with van der Waals surface area (Å²) in [5.74, 6) is 0.854. The Morgan fingerprint density at radius 3 is 2.88 bits per heavy atom. The van der Waals surface area contributed by atoms with Crippen LogP contribution in [0.3, 0.4) is 0 Å². The summed E-state index contributed by atoms with van der Waals surface area (Å²) < 4.78 is 5.20. The number of H-pyrrole nitrogens is 1. The maximum Gasteiger partial charge on any atom is 0.254 e. The lowest BCUT2D eigenvalue weighted by atomic mass is 9.93. The van der Waals surface area contributed by atoms with Gasteiger partial charge in [-0.3, -0.25) is 9.59 Å². The number of pyridine rings is 1. The van der Waals surface area contributed by atoms with Gasteiger partial charge in [0.1, 0.15) is 5.75 Å². The van der Waals surface area contributed by atoms with E-state index in [0.29, 0.717) is 17.9 Å². The average Bonchev–Trinajstić information content (AvgIpc) is 2.60. The van der Waals surface area contributed by atoms with Crippen molar-refractivity contribution in [2.45, 2.75) is 25.7 Å². The fourth-order valence-corrected chi connectivity index (χ4v) is 3.28. The van der Waals surface area contributed by atoms with Crippen LogP contribution in [-0.4, -0.2) is 36.0 Å². The molecule has 126 valence electrons. The Labute approximate surface area is 141 Å². The normalized spacial score (nSPS) is 17.6. The number of hydrogen-bond acceptors (Lipinski definition) is 3. The van der Waals surface area contributed by atoms with Crippen LogP contribution in [0.2, 0.25) is 0 Å². The quantitative estimate of drug-likeness (QED) is 0.943. The van der Waals surface area contributed by atoms with E-state index in [1.165, 1.54) is 0 Å². The highest BCUT2D eigenvalue weighted by Gasteiger charge is 2.26. The maximum atomic E-state index is 12.8. The molecule has 0 radical (unpaired) electrons. The Kier molecular flexibility index (Phi) is 4.69. The number of piperidine rings is 1. The summed E-state index contributed by atoms with van der Waals surface area (Å²) in [7, 11) is 1.59. The van der Waals surface area contributed by atoms with Crippen molar-refractivity contribution in [1.29, 1.82) is 0 Å². The molecule has 1 aliphatic rings. The molecule has 2 heterocycles. The third-order valence-corrected chi connectivity index (χ3v) is 4.46. The van der Waals surface area contributed by atoms with E-state index in [0.717, 1.165) is 30.8 Å². The van der Waals surface area contributed by atoms with Gasteiger partial charge in [0, 0.05) is 48.1 Å². The van der Waals surface area contributed by atoms with E-state index in [4.69, 9.17) is 4.74 Å². The molecular weight excluding hydrogens is 304 g/mol. The molecule has 0 spiro atoms. The number of likely N-dealkylation sites (tertiary alicyclic amines) is 1. The van der Waals surface area contributed by atoms with Crippen molar-refractivity contribution in [1.82, 2.24) is 9.88 Å². The molecule has 5 nitrogen and oxygen atoms in total. The molecule has 1 amide bonds. The first-order valence-electron chi connectivity index (χ1n) is 8.21. The van der Waals surface area contributed by atoms with Crippen LogP contribution in [0.5, 0.6) is 5.75 Å². The summed E-state index contributed by atoms with van der Waals surface area (Å²) in [6.45, 7) is 3.24. The van der Waals surface area contributed by atoms with Crippen molar-refractivity contribution < 1.29 is 9.53 Å². The van der Waals surface area contributed by atoms with E-state index in [2.05, 4.69) is 4.98 Å². The fraction of sp³-hybridized carbons (Fsp3) is 0.368. The molecule has 1 saturated heterocycles. The van der Waals surface area contributed by atoms with Crippen molar-refractivity contribution in [2.75, 3.05) is 20.2 Å². The topological polar surface area (TPSA) is 62.4 Å². The Balaban J connectivity index is 1.79. The van der Waals surface area contributed by atoms with Crippen LogP contribution in [0.4, 0.5) is 0 Å². The van der Waals surface area contributed by atoms with Gasteiger partial charge in [-0.05, 0) is 38.0 Å². The lowest BCUT2D eigenvalue weighted by Crippen LogP contribution is -2.39. The second-order valence-electron chi connectivity index (χ2n) is 6.28. The molecule has 0 bridgehead atoms. The number of rotatable bonds is 3. The minimum atomic E-state index is 0.00796. The monoisotopic (exact) mass is 326 g/mol. The molecule has 5 heteroatoms. The van der Waals surface area contributed by atoms with Gasteiger partial charge in [0.25, 0.3) is 5.91 Å². The van der Waals surface area contributed by atoms with E-state index in [-0.39, 0.29) is 17.3 Å². The van der Waals surface area contributed by atoms with Crippen LogP contribution in [-0.2, 0) is 0 Å². The minimum Gasteiger partial charge on any atom is -0.497 e. The minimum absolute atomic E-state index is 0.00796. The van der Waals surface area contributed by atoms with Crippen LogP contribution in [0.1, 0.15) is 40.5 Å². The maximum absolute atomic E-state index is 12.8. The van der Waals surface area contributed by atoms with Crippen molar-refractivity contribution >= 4 is 5.91 Å². The van der Waals surface area contributed by atoms with Gasteiger partial charge in [-0.15, -0.1) is 0 Å². The number of hydrogen-bond donors (Lipinski definition) is 1. The molecule has 3 rings (SSSR count). The van der Waals surface area contributed by atoms with Crippen LogP contribution >= 0.6 is 0 Å². The highest BCUT2D eigenvalue weighted by atomic mass is 16.5. The summed E-state index contributed by atoms with van der Waals surface area (Å²) in [5.41, 5.74) is 2.42. The molecule has 1 aromatic heterocycles. The standard InChI is InChI=1S/C19H22N2O3/c1-13-9-16(22)11-18(20-13)15-6-4-8-21(12-15)19(23)14-5-3-7-17(10-14)24-2/h3,5,7,9-11,15H,4,6,8,12H2,1-2H3,(H,20,22). The van der Waals surface area contributed by atoms with Crippen LogP contribution in [0.15, 0.2) is 41.2 Å². The zero-order chi connectivity index (χ0) is 17.1. The number of carbonyl (C=O) groups excluding carboxylic acids is 1.